The fourth-order valence-corrected chi connectivity index (χ4v) is 3.34. The second kappa shape index (κ2) is 8.57. The first kappa shape index (κ1) is 19.3. The van der Waals surface area contributed by atoms with E-state index in [9.17, 15) is 0 Å². The van der Waals surface area contributed by atoms with E-state index in [1.807, 2.05) is 74.7 Å². The van der Waals surface area contributed by atoms with Gasteiger partial charge in [-0.2, -0.15) is 5.10 Å². The van der Waals surface area contributed by atoms with Crippen LogP contribution >= 0.6 is 0 Å². The van der Waals surface area contributed by atoms with Crippen molar-refractivity contribution in [3.8, 4) is 11.4 Å². The highest BCUT2D eigenvalue weighted by Crippen LogP contribution is 2.31. The third-order valence-corrected chi connectivity index (χ3v) is 4.76. The number of hydrogen-bond donors (Lipinski definition) is 1. The molecule has 3 aromatic rings. The summed E-state index contributed by atoms with van der Waals surface area (Å²) in [6.07, 6.45) is 19.1. The van der Waals surface area contributed by atoms with E-state index in [1.54, 1.807) is 6.20 Å². The largest absolute Gasteiger partial charge is 0.443 e. The van der Waals surface area contributed by atoms with Crippen LogP contribution in [0.5, 0.6) is 0 Å². The van der Waals surface area contributed by atoms with Crippen LogP contribution < -0.4 is 0 Å². The zero-order chi connectivity index (χ0) is 20.9. The van der Waals surface area contributed by atoms with Gasteiger partial charge in [0.2, 0.25) is 0 Å². The lowest BCUT2D eigenvalue weighted by Crippen LogP contribution is -1.93. The van der Waals surface area contributed by atoms with Crippen molar-refractivity contribution in [1.29, 1.82) is 0 Å². The number of nitrogens with zero attached hydrogens (tertiary/aromatic N) is 3. The van der Waals surface area contributed by atoms with Crippen molar-refractivity contribution in [1.82, 2.24) is 20.2 Å². The van der Waals surface area contributed by atoms with Crippen molar-refractivity contribution >= 4 is 11.1 Å². The van der Waals surface area contributed by atoms with E-state index in [0.29, 0.717) is 5.76 Å². The molecule has 0 radical (unpaired) electrons. The molecule has 5 nitrogen and oxygen atoms in total. The maximum atomic E-state index is 5.52. The molecular weight excluding hydrogens is 372 g/mol. The molecule has 0 fully saturated rings. The molecule has 3 aromatic heterocycles. The van der Waals surface area contributed by atoms with E-state index in [4.69, 9.17) is 4.42 Å². The van der Waals surface area contributed by atoms with Gasteiger partial charge in [-0.3, -0.25) is 10.1 Å². The first-order chi connectivity index (χ1) is 14.7. The fraction of sp³-hybridized carbons (Fsp3) is 0.0800. The molecule has 1 aliphatic carbocycles. The zero-order valence-electron chi connectivity index (χ0n) is 17.0. The fourth-order valence-electron chi connectivity index (χ4n) is 3.34. The third kappa shape index (κ3) is 3.91. The Balaban J connectivity index is 1.76. The number of pyridine rings is 1. The first-order valence-corrected chi connectivity index (χ1v) is 9.66. The number of H-pyrrole nitrogens is 1. The molecule has 0 aliphatic heterocycles. The van der Waals surface area contributed by atoms with Gasteiger partial charge in [-0.25, -0.2) is 4.98 Å². The lowest BCUT2D eigenvalue weighted by atomic mass is 9.94. The molecule has 0 spiro atoms. The van der Waals surface area contributed by atoms with Gasteiger partial charge in [0, 0.05) is 16.8 Å². The Kier molecular flexibility index (Phi) is 5.52. The molecule has 4 rings (SSSR count). The van der Waals surface area contributed by atoms with Crippen LogP contribution in [0.2, 0.25) is 0 Å². The smallest absolute Gasteiger partial charge is 0.181 e. The lowest BCUT2D eigenvalue weighted by Gasteiger charge is -2.11. The average molecular weight is 394 g/mol. The summed E-state index contributed by atoms with van der Waals surface area (Å²) in [5.74, 6) is 0.703. The maximum absolute atomic E-state index is 5.52. The second-order valence-electron chi connectivity index (χ2n) is 6.86. The number of aromatic amines is 1. The van der Waals surface area contributed by atoms with E-state index in [-0.39, 0.29) is 0 Å². The Hall–Kier alpha value is -3.99. The molecule has 1 N–H and O–H groups in total. The maximum Gasteiger partial charge on any atom is 0.181 e. The molecule has 0 aromatic carbocycles. The van der Waals surface area contributed by atoms with Crippen LogP contribution in [0.15, 0.2) is 102 Å². The normalized spacial score (nSPS) is 19.8. The Morgan fingerprint density at radius 2 is 2.07 bits per heavy atom. The molecule has 1 aliphatic rings. The van der Waals surface area contributed by atoms with Crippen LogP contribution in [0, 0.1) is 6.92 Å². The molecule has 0 saturated carbocycles. The zero-order valence-corrected chi connectivity index (χ0v) is 17.0. The Bertz CT molecular complexity index is 1220. The van der Waals surface area contributed by atoms with Crippen molar-refractivity contribution in [3.63, 3.8) is 0 Å². The molecular formula is C25H22N4O. The van der Waals surface area contributed by atoms with Crippen molar-refractivity contribution in [2.24, 2.45) is 0 Å². The first-order valence-electron chi connectivity index (χ1n) is 9.66. The van der Waals surface area contributed by atoms with Gasteiger partial charge in [-0.1, -0.05) is 55.2 Å². The molecule has 5 heteroatoms. The summed E-state index contributed by atoms with van der Waals surface area (Å²) in [4.78, 5) is 8.67. The summed E-state index contributed by atoms with van der Waals surface area (Å²) >= 11 is 0. The number of aryl methyl sites for hydroxylation is 1. The lowest BCUT2D eigenvalue weighted by molar-refractivity contribution is 0.545. The van der Waals surface area contributed by atoms with Crippen molar-refractivity contribution < 1.29 is 4.42 Å². The van der Waals surface area contributed by atoms with Crippen molar-refractivity contribution in [2.45, 2.75) is 13.8 Å². The summed E-state index contributed by atoms with van der Waals surface area (Å²) in [6, 6.07) is 5.95. The van der Waals surface area contributed by atoms with Crippen LogP contribution in [0.25, 0.3) is 22.5 Å². The van der Waals surface area contributed by atoms with Crippen LogP contribution in [-0.2, 0) is 0 Å². The minimum absolute atomic E-state index is 0.703. The highest BCUT2D eigenvalue weighted by molar-refractivity contribution is 5.86. The van der Waals surface area contributed by atoms with Crippen molar-refractivity contribution in [2.75, 3.05) is 0 Å². The quantitative estimate of drug-likeness (QED) is 0.601. The second-order valence-corrected chi connectivity index (χ2v) is 6.86. The number of nitrogens with one attached hydrogen (secondary N) is 1. The molecule has 0 unspecified atom stereocenters. The molecule has 30 heavy (non-hydrogen) atoms. The van der Waals surface area contributed by atoms with Gasteiger partial charge in [-0.05, 0) is 42.7 Å². The average Bonchev–Trinajstić information content (AvgIpc) is 3.42. The topological polar surface area (TPSA) is 67.6 Å². The molecule has 0 amide bonds. The van der Waals surface area contributed by atoms with E-state index in [1.165, 1.54) is 6.39 Å². The predicted octanol–water partition coefficient (Wildman–Crippen LogP) is 5.86. The molecule has 0 atom stereocenters. The van der Waals surface area contributed by atoms with Crippen LogP contribution in [0.3, 0.4) is 0 Å². The van der Waals surface area contributed by atoms with Crippen LogP contribution in [0.4, 0.5) is 0 Å². The molecule has 0 bridgehead atoms. The summed E-state index contributed by atoms with van der Waals surface area (Å²) in [5.41, 5.74) is 7.50. The SMILES string of the molecule is C=C1\C=C/C(c2cn[nH]c2-c2cccc(C)n2)=C/C=C/C1=C(/C=C\C)c1cnco1. The highest BCUT2D eigenvalue weighted by atomic mass is 16.3. The monoisotopic (exact) mass is 394 g/mol. The van der Waals surface area contributed by atoms with E-state index < -0.39 is 0 Å². The third-order valence-electron chi connectivity index (χ3n) is 4.76. The van der Waals surface area contributed by atoms with Gasteiger partial charge >= 0.3 is 0 Å². The Morgan fingerprint density at radius 1 is 1.17 bits per heavy atom. The summed E-state index contributed by atoms with van der Waals surface area (Å²) < 4.78 is 5.52. The summed E-state index contributed by atoms with van der Waals surface area (Å²) in [5, 5.41) is 7.34. The number of allylic oxidation sites excluding steroid dienone is 11. The van der Waals surface area contributed by atoms with Gasteiger partial charge in [0.05, 0.1) is 23.8 Å². The van der Waals surface area contributed by atoms with E-state index in [2.05, 4.69) is 32.8 Å². The summed E-state index contributed by atoms with van der Waals surface area (Å²) in [6.45, 7) is 8.21. The highest BCUT2D eigenvalue weighted by Gasteiger charge is 2.14. The number of hydrogen-bond acceptors (Lipinski definition) is 4. The standard InChI is InChI=1S/C25H22N4O/c1-4-7-21(24-15-26-16-30-24)20-10-6-9-19(13-12-17(20)2)22-14-27-29-25(22)23-11-5-8-18(3)28-23/h4-16H,2H2,1,3H3,(H,27,29)/b7-4-,10-6+,13-12-,19-9-,21-20+. The van der Waals surface area contributed by atoms with Gasteiger partial charge in [0.25, 0.3) is 0 Å². The van der Waals surface area contributed by atoms with Gasteiger partial charge in [-0.15, -0.1) is 0 Å². The van der Waals surface area contributed by atoms with E-state index >= 15 is 0 Å². The number of oxazole rings is 1. The van der Waals surface area contributed by atoms with Gasteiger partial charge in [0.1, 0.15) is 0 Å². The minimum Gasteiger partial charge on any atom is -0.443 e. The number of rotatable bonds is 4. The minimum atomic E-state index is 0.703. The van der Waals surface area contributed by atoms with Gasteiger partial charge in [0.15, 0.2) is 12.2 Å². The molecule has 3 heterocycles. The predicted molar refractivity (Wildman–Crippen MR) is 120 cm³/mol. The van der Waals surface area contributed by atoms with Crippen LogP contribution in [0.1, 0.15) is 23.9 Å². The van der Waals surface area contributed by atoms with Crippen molar-refractivity contribution in [3.05, 3.63) is 114 Å². The summed E-state index contributed by atoms with van der Waals surface area (Å²) in [7, 11) is 0. The Morgan fingerprint density at radius 3 is 2.83 bits per heavy atom. The van der Waals surface area contributed by atoms with Gasteiger partial charge < -0.3 is 4.42 Å². The number of aromatic nitrogens is 4. The Labute approximate surface area is 175 Å². The molecule has 0 saturated heterocycles. The van der Waals surface area contributed by atoms with Crippen LogP contribution in [-0.4, -0.2) is 20.2 Å². The molecule has 148 valence electrons. The van der Waals surface area contributed by atoms with E-state index in [0.717, 1.165) is 44.9 Å².